The van der Waals surface area contributed by atoms with Crippen LogP contribution < -0.4 is 10.6 Å². The molecule has 8 nitrogen and oxygen atoms in total. The Morgan fingerprint density at radius 2 is 1.56 bits per heavy atom. The number of benzene rings is 3. The number of alkyl carbamates (subject to hydrolysis) is 1. The zero-order chi connectivity index (χ0) is 24.2. The van der Waals surface area contributed by atoms with Crippen LogP contribution in [0, 0.1) is 5.82 Å². The van der Waals surface area contributed by atoms with E-state index in [1.54, 1.807) is 0 Å². The highest BCUT2D eigenvalue weighted by Gasteiger charge is 2.30. The fourth-order valence-electron chi connectivity index (χ4n) is 4.01. The molecule has 3 aromatic carbocycles. The highest BCUT2D eigenvalue weighted by atomic mass is 19.1. The van der Waals surface area contributed by atoms with Crippen LogP contribution in [-0.2, 0) is 14.3 Å². The predicted molar refractivity (Wildman–Crippen MR) is 121 cm³/mol. The first-order valence-electron chi connectivity index (χ1n) is 10.5. The van der Waals surface area contributed by atoms with Crippen LogP contribution in [0.1, 0.15) is 23.5 Å². The number of halogens is 1. The van der Waals surface area contributed by atoms with Gasteiger partial charge in [-0.3, -0.25) is 9.59 Å². The minimum absolute atomic E-state index is 0.0324. The van der Waals surface area contributed by atoms with Crippen LogP contribution in [0.2, 0.25) is 0 Å². The van der Waals surface area contributed by atoms with E-state index in [0.717, 1.165) is 34.4 Å². The molecular formula is C25H21FN2O6. The Labute approximate surface area is 194 Å². The lowest BCUT2D eigenvalue weighted by Gasteiger charge is -2.19. The monoisotopic (exact) mass is 464 g/mol. The van der Waals surface area contributed by atoms with E-state index in [1.165, 1.54) is 6.07 Å². The summed E-state index contributed by atoms with van der Waals surface area (Å²) in [7, 11) is 0. The first-order chi connectivity index (χ1) is 16.3. The summed E-state index contributed by atoms with van der Waals surface area (Å²) < 4.78 is 19.3. The van der Waals surface area contributed by atoms with E-state index < -0.39 is 47.7 Å². The van der Waals surface area contributed by atoms with Crippen molar-refractivity contribution in [2.75, 3.05) is 11.9 Å². The van der Waals surface area contributed by atoms with E-state index in [4.69, 9.17) is 9.84 Å². The lowest BCUT2D eigenvalue weighted by atomic mass is 9.98. The smallest absolute Gasteiger partial charge is 0.407 e. The number of fused-ring (bicyclic) bond motifs is 3. The molecule has 0 aromatic heterocycles. The number of aromatic hydroxyl groups is 1. The third-order valence-electron chi connectivity index (χ3n) is 5.57. The first-order valence-corrected chi connectivity index (χ1v) is 10.5. The number of hydrogen-bond donors (Lipinski definition) is 4. The zero-order valence-corrected chi connectivity index (χ0v) is 17.8. The lowest BCUT2D eigenvalue weighted by Crippen LogP contribution is -2.45. The second kappa shape index (κ2) is 9.62. The van der Waals surface area contributed by atoms with E-state index in [-0.39, 0.29) is 12.5 Å². The number of ether oxygens (including phenoxy) is 1. The normalized spacial score (nSPS) is 12.9. The number of hydrogen-bond acceptors (Lipinski definition) is 5. The van der Waals surface area contributed by atoms with Crippen LogP contribution in [0.3, 0.4) is 0 Å². The number of phenolic OH excluding ortho intramolecular Hbond substituents is 1. The van der Waals surface area contributed by atoms with Gasteiger partial charge in [0.05, 0.1) is 6.42 Å². The van der Waals surface area contributed by atoms with Gasteiger partial charge in [0.25, 0.3) is 0 Å². The molecule has 0 fully saturated rings. The highest BCUT2D eigenvalue weighted by Crippen LogP contribution is 2.44. The van der Waals surface area contributed by atoms with Crippen LogP contribution in [-0.4, -0.2) is 40.8 Å². The predicted octanol–water partition coefficient (Wildman–Crippen LogP) is 3.85. The Hall–Kier alpha value is -4.40. The van der Waals surface area contributed by atoms with Gasteiger partial charge >= 0.3 is 12.1 Å². The van der Waals surface area contributed by atoms with Crippen molar-refractivity contribution in [1.82, 2.24) is 5.32 Å². The molecule has 0 radical (unpaired) electrons. The van der Waals surface area contributed by atoms with Gasteiger partial charge in [-0.15, -0.1) is 0 Å². The summed E-state index contributed by atoms with van der Waals surface area (Å²) in [6.45, 7) is -0.0324. The Balaban J connectivity index is 1.45. The molecule has 4 N–H and O–H groups in total. The number of carboxylic acids is 1. The zero-order valence-electron chi connectivity index (χ0n) is 17.8. The summed E-state index contributed by atoms with van der Waals surface area (Å²) in [5, 5.41) is 23.3. The molecule has 9 heteroatoms. The average molecular weight is 464 g/mol. The molecule has 1 aliphatic carbocycles. The van der Waals surface area contributed by atoms with Crippen molar-refractivity contribution in [3.8, 4) is 16.9 Å². The fraction of sp³-hybridized carbons (Fsp3) is 0.160. The van der Waals surface area contributed by atoms with E-state index in [1.807, 2.05) is 48.5 Å². The van der Waals surface area contributed by atoms with E-state index in [2.05, 4.69) is 10.6 Å². The third-order valence-corrected chi connectivity index (χ3v) is 5.57. The van der Waals surface area contributed by atoms with Crippen molar-refractivity contribution in [1.29, 1.82) is 0 Å². The molecule has 0 saturated heterocycles. The maximum absolute atomic E-state index is 13.9. The standard InChI is InChI=1S/C25H21FN2O6/c26-19-10-5-11-21(29)23(19)28-24(32)20(12-22(30)31)27-25(33)34-13-18-16-8-3-1-6-14(16)15-7-2-4-9-17(15)18/h1-11,18,20,29H,12-13H2,(H,27,33)(H,28,32)(H,30,31). The molecule has 1 aliphatic rings. The van der Waals surface area contributed by atoms with Gasteiger partial charge in [-0.05, 0) is 34.4 Å². The molecule has 0 bridgehead atoms. The molecule has 3 aromatic rings. The minimum Gasteiger partial charge on any atom is -0.506 e. The van der Waals surface area contributed by atoms with Gasteiger partial charge in [-0.1, -0.05) is 54.6 Å². The number of anilines is 1. The third kappa shape index (κ3) is 4.68. The maximum Gasteiger partial charge on any atom is 0.407 e. The molecule has 4 rings (SSSR count). The molecular weight excluding hydrogens is 443 g/mol. The van der Waals surface area contributed by atoms with Crippen LogP contribution >= 0.6 is 0 Å². The largest absolute Gasteiger partial charge is 0.506 e. The lowest BCUT2D eigenvalue weighted by molar-refractivity contribution is -0.139. The quantitative estimate of drug-likeness (QED) is 0.394. The molecule has 1 atom stereocenters. The van der Waals surface area contributed by atoms with Gasteiger partial charge in [0.15, 0.2) is 5.82 Å². The number of aliphatic carboxylic acids is 1. The van der Waals surface area contributed by atoms with Crippen LogP contribution in [0.15, 0.2) is 66.7 Å². The Morgan fingerprint density at radius 1 is 0.941 bits per heavy atom. The minimum atomic E-state index is -1.56. The van der Waals surface area contributed by atoms with Crippen molar-refractivity contribution in [2.45, 2.75) is 18.4 Å². The Morgan fingerprint density at radius 3 is 2.15 bits per heavy atom. The van der Waals surface area contributed by atoms with E-state index in [0.29, 0.717) is 0 Å². The number of para-hydroxylation sites is 1. The van der Waals surface area contributed by atoms with Crippen LogP contribution in [0.4, 0.5) is 14.9 Å². The van der Waals surface area contributed by atoms with E-state index >= 15 is 0 Å². The molecule has 0 spiro atoms. The summed E-state index contributed by atoms with van der Waals surface area (Å²) in [4.78, 5) is 36.3. The van der Waals surface area contributed by atoms with Gasteiger partial charge in [0.2, 0.25) is 5.91 Å². The van der Waals surface area contributed by atoms with Gasteiger partial charge in [0, 0.05) is 5.92 Å². The molecule has 0 saturated carbocycles. The molecule has 0 heterocycles. The maximum atomic E-state index is 13.9. The van der Waals surface area contributed by atoms with Crippen molar-refractivity contribution >= 4 is 23.7 Å². The van der Waals surface area contributed by atoms with Crippen LogP contribution in [0.5, 0.6) is 5.75 Å². The molecule has 0 aliphatic heterocycles. The van der Waals surface area contributed by atoms with E-state index in [9.17, 15) is 23.9 Å². The second-order valence-electron chi connectivity index (χ2n) is 7.74. The van der Waals surface area contributed by atoms with Gasteiger partial charge in [0.1, 0.15) is 24.1 Å². The van der Waals surface area contributed by atoms with Crippen LogP contribution in [0.25, 0.3) is 11.1 Å². The number of amides is 2. The summed E-state index contributed by atoms with van der Waals surface area (Å²) in [5.41, 5.74) is 3.55. The van der Waals surface area contributed by atoms with Crippen molar-refractivity contribution < 1.29 is 33.7 Å². The Kier molecular flexibility index (Phi) is 6.44. The van der Waals surface area contributed by atoms with Gasteiger partial charge < -0.3 is 25.6 Å². The SMILES string of the molecule is O=C(O)CC(NC(=O)OCC1c2ccccc2-c2ccccc21)C(=O)Nc1c(O)cccc1F. The topological polar surface area (TPSA) is 125 Å². The summed E-state index contributed by atoms with van der Waals surface area (Å²) in [6, 6.07) is 17.3. The van der Waals surface area contributed by atoms with Gasteiger partial charge in [-0.25, -0.2) is 9.18 Å². The summed E-state index contributed by atoms with van der Waals surface area (Å²) >= 11 is 0. The highest BCUT2D eigenvalue weighted by molar-refractivity contribution is 5.99. The molecule has 1 unspecified atom stereocenters. The number of carbonyl (C=O) groups excluding carboxylic acids is 2. The molecule has 2 amide bonds. The Bertz CT molecular complexity index is 1200. The number of carbonyl (C=O) groups is 3. The number of nitrogens with one attached hydrogen (secondary N) is 2. The number of rotatable bonds is 7. The van der Waals surface area contributed by atoms with Crippen molar-refractivity contribution in [2.24, 2.45) is 0 Å². The van der Waals surface area contributed by atoms with Crippen molar-refractivity contribution in [3.63, 3.8) is 0 Å². The summed E-state index contributed by atoms with van der Waals surface area (Å²) in [5.74, 6) is -4.06. The average Bonchev–Trinajstić information content (AvgIpc) is 3.13. The molecule has 174 valence electrons. The second-order valence-corrected chi connectivity index (χ2v) is 7.74. The summed E-state index contributed by atoms with van der Waals surface area (Å²) in [6.07, 6.45) is -1.77. The first kappa shape index (κ1) is 22.8. The van der Waals surface area contributed by atoms with Crippen molar-refractivity contribution in [3.05, 3.63) is 83.7 Å². The number of phenols is 1. The fourth-order valence-corrected chi connectivity index (χ4v) is 4.01. The van der Waals surface area contributed by atoms with Gasteiger partial charge in [-0.2, -0.15) is 0 Å². The molecule has 34 heavy (non-hydrogen) atoms. The number of carboxylic acid groups (broad SMARTS) is 1.